The summed E-state index contributed by atoms with van der Waals surface area (Å²) in [7, 11) is -4.50. The third-order valence-electron chi connectivity index (χ3n) is 9.27. The van der Waals surface area contributed by atoms with Gasteiger partial charge in [0.2, 0.25) is 0 Å². The van der Waals surface area contributed by atoms with Crippen molar-refractivity contribution in [2.75, 3.05) is 0 Å². The van der Waals surface area contributed by atoms with E-state index in [4.69, 9.17) is 8.92 Å². The van der Waals surface area contributed by atoms with Crippen LogP contribution >= 0.6 is 0 Å². The molecule has 2 saturated carbocycles. The van der Waals surface area contributed by atoms with Crippen LogP contribution in [0, 0.1) is 28.1 Å². The van der Waals surface area contributed by atoms with Gasteiger partial charge in [-0.05, 0) is 69.1 Å². The molecule has 7 heteroatoms. The smallest absolute Gasteiger partial charge is 0.397 e. The number of cyclic esters (lactones) is 1. The minimum absolute atomic E-state index is 0.0362. The molecule has 0 bridgehead atoms. The molecule has 0 spiro atoms. The van der Waals surface area contributed by atoms with E-state index in [2.05, 4.69) is 27.7 Å². The first-order chi connectivity index (χ1) is 13.6. The summed E-state index contributed by atoms with van der Waals surface area (Å²) in [5, 5.41) is 0. The maximum atomic E-state index is 12.0. The zero-order valence-corrected chi connectivity index (χ0v) is 19.9. The second kappa shape index (κ2) is 6.55. The summed E-state index contributed by atoms with van der Waals surface area (Å²) in [6.07, 6.45) is 5.20. The van der Waals surface area contributed by atoms with E-state index in [1.807, 2.05) is 13.8 Å². The number of ether oxygens (including phenoxy) is 1. The van der Waals surface area contributed by atoms with E-state index in [1.54, 1.807) is 0 Å². The van der Waals surface area contributed by atoms with Crippen molar-refractivity contribution in [3.05, 3.63) is 11.1 Å². The summed E-state index contributed by atoms with van der Waals surface area (Å²) in [6.45, 7) is 13.1. The number of esters is 1. The maximum Gasteiger partial charge on any atom is 0.397 e. The Balaban J connectivity index is 1.75. The molecule has 3 aliphatic carbocycles. The molecule has 6 atom stereocenters. The van der Waals surface area contributed by atoms with Crippen LogP contribution in [-0.2, 0) is 24.1 Å². The lowest BCUT2D eigenvalue weighted by molar-refractivity contribution is -0.157. The normalized spacial score (nSPS) is 45.8. The quantitative estimate of drug-likeness (QED) is 0.383. The Labute approximate surface area is 180 Å². The van der Waals surface area contributed by atoms with E-state index in [0.717, 1.165) is 32.1 Å². The molecular formula is C23H36O6S. The van der Waals surface area contributed by atoms with Gasteiger partial charge in [-0.1, -0.05) is 38.8 Å². The molecule has 1 unspecified atom stereocenters. The molecule has 1 saturated heterocycles. The standard InChI is InChI=1S/C23H36O6S/c1-14-13-22(5)15(7-8-16(22)23(6)12-10-18(24)28-23)21(4)11-9-17(29-30(25,26)27)20(2,3)19(14)21/h15-17H,7-13H2,1-6H3,(H,25,26,27)/t15?,16-,17-,21+,22+,23-/m0/s1. The van der Waals surface area contributed by atoms with Gasteiger partial charge in [0, 0.05) is 17.8 Å². The van der Waals surface area contributed by atoms with Crippen molar-refractivity contribution in [1.29, 1.82) is 0 Å². The summed E-state index contributed by atoms with van der Waals surface area (Å²) >= 11 is 0. The van der Waals surface area contributed by atoms with E-state index in [9.17, 15) is 17.8 Å². The third kappa shape index (κ3) is 3.10. The Kier molecular flexibility index (Phi) is 4.86. The summed E-state index contributed by atoms with van der Waals surface area (Å²) in [5.74, 6) is 0.684. The first-order valence-electron chi connectivity index (χ1n) is 11.2. The van der Waals surface area contributed by atoms with Crippen molar-refractivity contribution in [3.8, 4) is 0 Å². The van der Waals surface area contributed by atoms with Crippen molar-refractivity contribution in [2.45, 2.75) is 98.2 Å². The maximum absolute atomic E-state index is 12.0. The molecule has 4 aliphatic rings. The van der Waals surface area contributed by atoms with Crippen LogP contribution < -0.4 is 0 Å². The molecule has 0 amide bonds. The number of hydrogen-bond donors (Lipinski definition) is 1. The van der Waals surface area contributed by atoms with Crippen molar-refractivity contribution in [1.82, 2.24) is 0 Å². The summed E-state index contributed by atoms with van der Waals surface area (Å²) in [5.41, 5.74) is 1.68. The SMILES string of the molecule is CC1=C2C(C)(C)[C@@H](OS(=O)(=O)O)CC[C@]2(C)C2CC[C@H]([C@]3(C)CCC(=O)O3)[C@]2(C)C1. The predicted molar refractivity (Wildman–Crippen MR) is 113 cm³/mol. The zero-order chi connectivity index (χ0) is 22.3. The lowest BCUT2D eigenvalue weighted by Gasteiger charge is -2.60. The van der Waals surface area contributed by atoms with Crippen molar-refractivity contribution < 1.29 is 26.7 Å². The Morgan fingerprint density at radius 1 is 1.03 bits per heavy atom. The monoisotopic (exact) mass is 440 g/mol. The molecule has 3 fully saturated rings. The lowest BCUT2D eigenvalue weighted by atomic mass is 9.45. The highest BCUT2D eigenvalue weighted by molar-refractivity contribution is 7.80. The Bertz CT molecular complexity index is 905. The number of carbonyl (C=O) groups excluding carboxylic acids is 1. The van der Waals surface area contributed by atoms with Gasteiger partial charge in [0.25, 0.3) is 0 Å². The molecule has 6 nitrogen and oxygen atoms in total. The van der Waals surface area contributed by atoms with Crippen LogP contribution in [0.25, 0.3) is 0 Å². The summed E-state index contributed by atoms with van der Waals surface area (Å²) < 4.78 is 43.3. The largest absolute Gasteiger partial charge is 0.459 e. The second-order valence-electron chi connectivity index (χ2n) is 11.5. The molecule has 0 aromatic heterocycles. The Morgan fingerprint density at radius 2 is 1.67 bits per heavy atom. The molecule has 170 valence electrons. The van der Waals surface area contributed by atoms with E-state index < -0.39 is 27.5 Å². The Hall–Kier alpha value is -0.920. The lowest BCUT2D eigenvalue weighted by Crippen LogP contribution is -2.55. The fourth-order valence-electron chi connectivity index (χ4n) is 8.66. The van der Waals surface area contributed by atoms with Crippen LogP contribution in [0.15, 0.2) is 11.1 Å². The highest BCUT2D eigenvalue weighted by Gasteiger charge is 2.65. The Morgan fingerprint density at radius 3 is 2.23 bits per heavy atom. The van der Waals surface area contributed by atoms with Gasteiger partial charge in [-0.15, -0.1) is 0 Å². The van der Waals surface area contributed by atoms with Gasteiger partial charge in [-0.3, -0.25) is 9.35 Å². The van der Waals surface area contributed by atoms with Gasteiger partial charge in [-0.25, -0.2) is 4.18 Å². The van der Waals surface area contributed by atoms with Crippen LogP contribution in [0.2, 0.25) is 0 Å². The van der Waals surface area contributed by atoms with Gasteiger partial charge in [0.1, 0.15) is 5.60 Å². The molecule has 0 radical (unpaired) electrons. The van der Waals surface area contributed by atoms with Crippen molar-refractivity contribution in [2.24, 2.45) is 28.1 Å². The first-order valence-corrected chi connectivity index (χ1v) is 12.6. The average molecular weight is 441 g/mol. The number of rotatable bonds is 3. The van der Waals surface area contributed by atoms with Gasteiger partial charge < -0.3 is 4.74 Å². The highest BCUT2D eigenvalue weighted by atomic mass is 32.3. The van der Waals surface area contributed by atoms with Crippen LogP contribution in [0.5, 0.6) is 0 Å². The van der Waals surface area contributed by atoms with Crippen molar-refractivity contribution >= 4 is 16.4 Å². The van der Waals surface area contributed by atoms with Gasteiger partial charge in [-0.2, -0.15) is 8.42 Å². The van der Waals surface area contributed by atoms with Crippen LogP contribution in [0.3, 0.4) is 0 Å². The second-order valence-corrected chi connectivity index (χ2v) is 12.5. The van der Waals surface area contributed by atoms with Crippen LogP contribution in [0.1, 0.15) is 86.5 Å². The van der Waals surface area contributed by atoms with Gasteiger partial charge in [0.05, 0.1) is 6.10 Å². The third-order valence-corrected chi connectivity index (χ3v) is 9.75. The number of allylic oxidation sites excluding steroid dienone is 1. The minimum Gasteiger partial charge on any atom is -0.459 e. The van der Waals surface area contributed by atoms with Crippen LogP contribution in [0.4, 0.5) is 0 Å². The van der Waals surface area contributed by atoms with Crippen LogP contribution in [-0.4, -0.2) is 30.6 Å². The van der Waals surface area contributed by atoms with E-state index in [-0.39, 0.29) is 16.8 Å². The molecule has 30 heavy (non-hydrogen) atoms. The number of carbonyl (C=O) groups is 1. The fraction of sp³-hybridized carbons (Fsp3) is 0.870. The summed E-state index contributed by atoms with van der Waals surface area (Å²) in [6, 6.07) is 0. The number of hydrogen-bond acceptors (Lipinski definition) is 5. The van der Waals surface area contributed by atoms with Gasteiger partial charge in [0.15, 0.2) is 0 Å². The molecule has 1 heterocycles. The molecule has 0 aromatic rings. The van der Waals surface area contributed by atoms with Gasteiger partial charge >= 0.3 is 16.4 Å². The number of fused-ring (bicyclic) bond motifs is 3. The predicted octanol–water partition coefficient (Wildman–Crippen LogP) is 4.85. The van der Waals surface area contributed by atoms with E-state index in [0.29, 0.717) is 24.7 Å². The molecular weight excluding hydrogens is 404 g/mol. The first kappa shape index (κ1) is 22.3. The van der Waals surface area contributed by atoms with E-state index >= 15 is 0 Å². The molecule has 0 aromatic carbocycles. The van der Waals surface area contributed by atoms with E-state index in [1.165, 1.54) is 11.1 Å². The highest BCUT2D eigenvalue weighted by Crippen LogP contribution is 2.71. The topological polar surface area (TPSA) is 89.9 Å². The zero-order valence-electron chi connectivity index (χ0n) is 19.1. The molecule has 1 aliphatic heterocycles. The molecule has 4 rings (SSSR count). The fourth-order valence-corrected chi connectivity index (χ4v) is 9.29. The van der Waals surface area contributed by atoms with Crippen molar-refractivity contribution in [3.63, 3.8) is 0 Å². The summed E-state index contributed by atoms with van der Waals surface area (Å²) in [4.78, 5) is 12.0. The molecule has 1 N–H and O–H groups in total. The average Bonchev–Trinajstić information content (AvgIpc) is 3.09. The minimum atomic E-state index is -4.50.